The molecule has 0 amide bonds. The zero-order valence-corrected chi connectivity index (χ0v) is 10.2. The van der Waals surface area contributed by atoms with Crippen molar-refractivity contribution in [2.45, 2.75) is 18.9 Å². The van der Waals surface area contributed by atoms with Gasteiger partial charge in [-0.1, -0.05) is 0 Å². The van der Waals surface area contributed by atoms with Crippen LogP contribution in [-0.2, 0) is 7.05 Å². The van der Waals surface area contributed by atoms with Crippen molar-refractivity contribution in [1.29, 1.82) is 0 Å². The first-order valence-corrected chi connectivity index (χ1v) is 6.02. The topological polar surface area (TPSA) is 44.1 Å². The molecule has 1 fully saturated rings. The molecular formula is C14H14N2O2. The summed E-state index contributed by atoms with van der Waals surface area (Å²) in [6.45, 7) is 0. The minimum Gasteiger partial charge on any atom is -0.490 e. The Kier molecular flexibility index (Phi) is 2.63. The van der Waals surface area contributed by atoms with Gasteiger partial charge in [-0.2, -0.15) is 0 Å². The second-order valence-corrected chi connectivity index (χ2v) is 4.56. The van der Waals surface area contributed by atoms with E-state index in [-0.39, 0.29) is 5.78 Å². The highest BCUT2D eigenvalue weighted by Crippen LogP contribution is 2.26. The number of ketones is 1. The number of rotatable bonds is 4. The van der Waals surface area contributed by atoms with E-state index in [0.717, 1.165) is 18.6 Å². The molecule has 3 rings (SSSR count). The highest BCUT2D eigenvalue weighted by Gasteiger charge is 2.23. The summed E-state index contributed by atoms with van der Waals surface area (Å²) in [5.41, 5.74) is 1.24. The summed E-state index contributed by atoms with van der Waals surface area (Å²) in [5.74, 6) is 0.812. The first-order chi connectivity index (χ1) is 8.74. The molecule has 1 aliphatic carbocycles. The molecule has 0 bridgehead atoms. The van der Waals surface area contributed by atoms with Crippen molar-refractivity contribution >= 4 is 5.78 Å². The zero-order valence-electron chi connectivity index (χ0n) is 10.2. The van der Waals surface area contributed by atoms with E-state index in [1.54, 1.807) is 29.2 Å². The van der Waals surface area contributed by atoms with Crippen molar-refractivity contribution in [1.82, 2.24) is 9.55 Å². The van der Waals surface area contributed by atoms with Crippen LogP contribution in [0, 0.1) is 0 Å². The summed E-state index contributed by atoms with van der Waals surface area (Å²) in [6.07, 6.45) is 5.85. The molecule has 2 aromatic rings. The highest BCUT2D eigenvalue weighted by molar-refractivity contribution is 6.07. The number of hydrogen-bond donors (Lipinski definition) is 0. The van der Waals surface area contributed by atoms with Gasteiger partial charge in [-0.25, -0.2) is 4.98 Å². The van der Waals surface area contributed by atoms with Crippen LogP contribution >= 0.6 is 0 Å². The van der Waals surface area contributed by atoms with Crippen molar-refractivity contribution < 1.29 is 9.53 Å². The van der Waals surface area contributed by atoms with Gasteiger partial charge in [0.15, 0.2) is 0 Å². The van der Waals surface area contributed by atoms with Crippen LogP contribution in [0.5, 0.6) is 5.75 Å². The molecule has 0 atom stereocenters. The maximum absolute atomic E-state index is 12.2. The molecule has 1 aliphatic rings. The van der Waals surface area contributed by atoms with Gasteiger partial charge in [-0.05, 0) is 37.1 Å². The smallest absolute Gasteiger partial charge is 0.211 e. The summed E-state index contributed by atoms with van der Waals surface area (Å²) in [7, 11) is 1.81. The average molecular weight is 242 g/mol. The lowest BCUT2D eigenvalue weighted by atomic mass is 10.1. The lowest BCUT2D eigenvalue weighted by molar-refractivity contribution is 0.103. The van der Waals surface area contributed by atoms with Crippen LogP contribution in [0.3, 0.4) is 0 Å². The molecule has 0 unspecified atom stereocenters. The van der Waals surface area contributed by atoms with Gasteiger partial charge in [0, 0.05) is 12.6 Å². The predicted octanol–water partition coefficient (Wildman–Crippen LogP) is 2.19. The van der Waals surface area contributed by atoms with Crippen LogP contribution < -0.4 is 4.74 Å². The number of carbonyl (C=O) groups excluding carboxylic acids is 1. The van der Waals surface area contributed by atoms with E-state index >= 15 is 0 Å². The molecule has 0 N–H and O–H groups in total. The largest absolute Gasteiger partial charge is 0.490 e. The minimum atomic E-state index is -0.0204. The SMILES string of the molecule is Cn1cncc1C(=O)c1ccc(OC2CC2)cc1. The highest BCUT2D eigenvalue weighted by atomic mass is 16.5. The number of imidazole rings is 1. The summed E-state index contributed by atoms with van der Waals surface area (Å²) < 4.78 is 7.36. The number of hydrogen-bond acceptors (Lipinski definition) is 3. The van der Waals surface area contributed by atoms with Gasteiger partial charge in [0.25, 0.3) is 0 Å². The van der Waals surface area contributed by atoms with Crippen molar-refractivity contribution in [2.24, 2.45) is 7.05 Å². The molecule has 1 aromatic carbocycles. The minimum absolute atomic E-state index is 0.0204. The molecule has 0 radical (unpaired) electrons. The van der Waals surface area contributed by atoms with Gasteiger partial charge < -0.3 is 9.30 Å². The van der Waals surface area contributed by atoms with Gasteiger partial charge in [0.2, 0.25) is 5.78 Å². The summed E-state index contributed by atoms with van der Waals surface area (Å²) in [4.78, 5) is 16.1. The molecular weight excluding hydrogens is 228 g/mol. The number of aromatic nitrogens is 2. The Morgan fingerprint density at radius 2 is 2.06 bits per heavy atom. The molecule has 1 saturated carbocycles. The maximum atomic E-state index is 12.2. The van der Waals surface area contributed by atoms with Gasteiger partial charge in [0.1, 0.15) is 11.4 Å². The Bertz CT molecular complexity index is 568. The second-order valence-electron chi connectivity index (χ2n) is 4.56. The third-order valence-electron chi connectivity index (χ3n) is 2.99. The van der Waals surface area contributed by atoms with Crippen LogP contribution in [0.4, 0.5) is 0 Å². The monoisotopic (exact) mass is 242 g/mol. The zero-order chi connectivity index (χ0) is 12.5. The maximum Gasteiger partial charge on any atom is 0.211 e. The summed E-state index contributed by atoms with van der Waals surface area (Å²) in [6, 6.07) is 7.30. The Morgan fingerprint density at radius 1 is 1.33 bits per heavy atom. The molecule has 0 spiro atoms. The first kappa shape index (κ1) is 11.0. The lowest BCUT2D eigenvalue weighted by Gasteiger charge is -2.05. The van der Waals surface area contributed by atoms with Gasteiger partial charge in [-0.15, -0.1) is 0 Å². The fraction of sp³-hybridized carbons (Fsp3) is 0.286. The number of aryl methyl sites for hydroxylation is 1. The normalized spacial score (nSPS) is 14.5. The molecule has 1 aromatic heterocycles. The first-order valence-electron chi connectivity index (χ1n) is 6.02. The third-order valence-corrected chi connectivity index (χ3v) is 2.99. The van der Waals surface area contributed by atoms with Crippen LogP contribution in [0.15, 0.2) is 36.8 Å². The fourth-order valence-corrected chi connectivity index (χ4v) is 1.79. The van der Waals surface area contributed by atoms with Crippen LogP contribution in [0.1, 0.15) is 28.9 Å². The van der Waals surface area contributed by atoms with E-state index in [4.69, 9.17) is 4.74 Å². The Hall–Kier alpha value is -2.10. The van der Waals surface area contributed by atoms with E-state index in [0.29, 0.717) is 17.4 Å². The van der Waals surface area contributed by atoms with E-state index in [1.165, 1.54) is 0 Å². The summed E-state index contributed by atoms with van der Waals surface area (Å²) >= 11 is 0. The average Bonchev–Trinajstić information content (AvgIpc) is 3.09. The van der Waals surface area contributed by atoms with Crippen LogP contribution in [0.2, 0.25) is 0 Å². The number of carbonyl (C=O) groups is 1. The standard InChI is InChI=1S/C14H14N2O2/c1-16-9-15-8-13(16)14(17)10-2-4-11(5-3-10)18-12-6-7-12/h2-5,8-9,12H,6-7H2,1H3. The number of benzene rings is 1. The summed E-state index contributed by atoms with van der Waals surface area (Å²) in [5, 5.41) is 0. The Balaban J connectivity index is 1.79. The van der Waals surface area contributed by atoms with E-state index in [1.807, 2.05) is 19.2 Å². The predicted molar refractivity (Wildman–Crippen MR) is 66.7 cm³/mol. The van der Waals surface area contributed by atoms with Crippen LogP contribution in [-0.4, -0.2) is 21.4 Å². The molecule has 4 heteroatoms. The van der Waals surface area contributed by atoms with Gasteiger partial charge in [-0.3, -0.25) is 4.79 Å². The van der Waals surface area contributed by atoms with Gasteiger partial charge in [0.05, 0.1) is 18.6 Å². The number of nitrogens with zero attached hydrogens (tertiary/aromatic N) is 2. The molecule has 0 saturated heterocycles. The Morgan fingerprint density at radius 3 is 2.61 bits per heavy atom. The van der Waals surface area contributed by atoms with E-state index < -0.39 is 0 Å². The molecule has 4 nitrogen and oxygen atoms in total. The van der Waals surface area contributed by atoms with E-state index in [9.17, 15) is 4.79 Å². The van der Waals surface area contributed by atoms with Gasteiger partial charge >= 0.3 is 0 Å². The van der Waals surface area contributed by atoms with Crippen molar-refractivity contribution in [3.8, 4) is 5.75 Å². The third kappa shape index (κ3) is 2.14. The molecule has 18 heavy (non-hydrogen) atoms. The molecule has 92 valence electrons. The number of ether oxygens (including phenoxy) is 1. The quantitative estimate of drug-likeness (QED) is 0.772. The fourth-order valence-electron chi connectivity index (χ4n) is 1.79. The van der Waals surface area contributed by atoms with Crippen molar-refractivity contribution in [2.75, 3.05) is 0 Å². The van der Waals surface area contributed by atoms with Crippen LogP contribution in [0.25, 0.3) is 0 Å². The molecule has 0 aliphatic heterocycles. The second kappa shape index (κ2) is 4.29. The van der Waals surface area contributed by atoms with Crippen molar-refractivity contribution in [3.63, 3.8) is 0 Å². The van der Waals surface area contributed by atoms with E-state index in [2.05, 4.69) is 4.98 Å². The van der Waals surface area contributed by atoms with Crippen molar-refractivity contribution in [3.05, 3.63) is 48.0 Å². The Labute approximate surface area is 105 Å². The molecule has 1 heterocycles. The lowest BCUT2D eigenvalue weighted by Crippen LogP contribution is -2.06.